The van der Waals surface area contributed by atoms with Crippen LogP contribution in [0.5, 0.6) is 5.75 Å². The van der Waals surface area contributed by atoms with Gasteiger partial charge in [-0.25, -0.2) is 18.7 Å². The SMILES string of the molecule is COCCOc1ccc(-c2ccc(Cn3cc4nc(-c5cccc(F)c5F)nc-4cn3)nn2)c(C(F)(F)F)c1. The maximum atomic E-state index is 14.1. The van der Waals surface area contributed by atoms with Crippen molar-refractivity contribution in [2.75, 3.05) is 20.3 Å². The lowest BCUT2D eigenvalue weighted by Crippen LogP contribution is -2.11. The molecule has 2 aromatic carbocycles. The quantitative estimate of drug-likeness (QED) is 0.195. The predicted molar refractivity (Wildman–Crippen MR) is 129 cm³/mol. The van der Waals surface area contributed by atoms with E-state index in [-0.39, 0.29) is 48.2 Å². The van der Waals surface area contributed by atoms with E-state index in [2.05, 4.69) is 25.3 Å². The van der Waals surface area contributed by atoms with Gasteiger partial charge in [0.1, 0.15) is 23.7 Å². The highest BCUT2D eigenvalue weighted by molar-refractivity contribution is 5.66. The molecular weight excluding hydrogens is 523 g/mol. The second kappa shape index (κ2) is 10.7. The van der Waals surface area contributed by atoms with Crippen molar-refractivity contribution in [3.63, 3.8) is 0 Å². The van der Waals surface area contributed by atoms with Crippen molar-refractivity contribution in [3.05, 3.63) is 83.8 Å². The molecule has 0 saturated heterocycles. The van der Waals surface area contributed by atoms with E-state index in [1.165, 1.54) is 54.4 Å². The standard InChI is InChI=1S/C26H19F5N6O2/c1-38-9-10-39-16-6-7-17(19(11-16)26(29,30)31)21-8-5-15(35-36-21)13-37-14-23-22(12-32-37)33-25(34-23)18-3-2-4-20(27)24(18)28/h2-8,11-12,14H,9-10,13H2,1H3. The number of hydrogen-bond donors (Lipinski definition) is 0. The Morgan fingerprint density at radius 3 is 2.44 bits per heavy atom. The number of imidazole rings is 1. The molecule has 0 aliphatic carbocycles. The average Bonchev–Trinajstić information content (AvgIpc) is 3.33. The fourth-order valence-electron chi connectivity index (χ4n) is 3.81. The first kappa shape index (κ1) is 26.1. The number of fused-ring (bicyclic) bond motifs is 1. The molecule has 2 aliphatic rings. The Hall–Kier alpha value is -4.52. The molecule has 3 aromatic rings. The summed E-state index contributed by atoms with van der Waals surface area (Å²) in [6, 6.07) is 10.3. The van der Waals surface area contributed by atoms with E-state index in [4.69, 9.17) is 9.47 Å². The molecule has 0 unspecified atom stereocenters. The van der Waals surface area contributed by atoms with Crippen LogP contribution in [0.15, 0.2) is 60.9 Å². The summed E-state index contributed by atoms with van der Waals surface area (Å²) in [5.74, 6) is -1.98. The third-order valence-electron chi connectivity index (χ3n) is 5.68. The lowest BCUT2D eigenvalue weighted by molar-refractivity contribution is -0.137. The Morgan fingerprint density at radius 2 is 1.69 bits per heavy atom. The molecule has 1 aromatic heterocycles. The van der Waals surface area contributed by atoms with Crippen LogP contribution in [-0.4, -0.2) is 50.3 Å². The number of hydrogen-bond acceptors (Lipinski definition) is 7. The Labute approximate surface area is 218 Å². The largest absolute Gasteiger partial charge is 0.491 e. The lowest BCUT2D eigenvalue weighted by atomic mass is 10.0. The minimum atomic E-state index is -4.64. The number of aromatic nitrogens is 6. The van der Waals surface area contributed by atoms with Crippen LogP contribution >= 0.6 is 0 Å². The zero-order valence-electron chi connectivity index (χ0n) is 20.3. The molecule has 0 atom stereocenters. The minimum Gasteiger partial charge on any atom is -0.491 e. The third kappa shape index (κ3) is 5.67. The first-order valence-electron chi connectivity index (χ1n) is 11.5. The van der Waals surface area contributed by atoms with Crippen LogP contribution < -0.4 is 4.74 Å². The van der Waals surface area contributed by atoms with Crippen LogP contribution in [0.1, 0.15) is 11.3 Å². The molecule has 200 valence electrons. The zero-order valence-corrected chi connectivity index (χ0v) is 20.3. The second-order valence-corrected chi connectivity index (χ2v) is 8.35. The van der Waals surface area contributed by atoms with Crippen molar-refractivity contribution in [3.8, 4) is 39.8 Å². The van der Waals surface area contributed by atoms with E-state index in [9.17, 15) is 22.0 Å². The molecule has 0 spiro atoms. The smallest absolute Gasteiger partial charge is 0.417 e. The van der Waals surface area contributed by atoms with Gasteiger partial charge >= 0.3 is 6.18 Å². The topological polar surface area (TPSA) is 87.8 Å². The molecule has 3 heterocycles. The monoisotopic (exact) mass is 542 g/mol. The summed E-state index contributed by atoms with van der Waals surface area (Å²) < 4.78 is 80.7. The summed E-state index contributed by atoms with van der Waals surface area (Å²) in [5, 5.41) is 12.3. The van der Waals surface area contributed by atoms with E-state index in [1.54, 1.807) is 6.20 Å². The molecule has 0 fully saturated rings. The van der Waals surface area contributed by atoms with Gasteiger partial charge in [0.2, 0.25) is 0 Å². The molecule has 39 heavy (non-hydrogen) atoms. The van der Waals surface area contributed by atoms with E-state index in [0.29, 0.717) is 17.1 Å². The maximum absolute atomic E-state index is 14.1. The lowest BCUT2D eigenvalue weighted by Gasteiger charge is -2.15. The fourth-order valence-corrected chi connectivity index (χ4v) is 3.81. The predicted octanol–water partition coefficient (Wildman–Crippen LogP) is 5.27. The van der Waals surface area contributed by atoms with Crippen molar-refractivity contribution in [1.29, 1.82) is 0 Å². The number of ether oxygens (including phenoxy) is 2. The number of halogens is 5. The molecule has 0 radical (unpaired) electrons. The van der Waals surface area contributed by atoms with Crippen LogP contribution in [-0.2, 0) is 17.5 Å². The summed E-state index contributed by atoms with van der Waals surface area (Å²) in [6.45, 7) is 0.470. The highest BCUT2D eigenvalue weighted by Crippen LogP contribution is 2.38. The minimum absolute atomic E-state index is 0.0151. The van der Waals surface area contributed by atoms with Gasteiger partial charge in [-0.2, -0.15) is 28.5 Å². The molecule has 0 N–H and O–H groups in total. The van der Waals surface area contributed by atoms with Crippen molar-refractivity contribution in [2.24, 2.45) is 0 Å². The Kier molecular flexibility index (Phi) is 7.15. The number of rotatable bonds is 8. The molecule has 13 heteroatoms. The van der Waals surface area contributed by atoms with Crippen molar-refractivity contribution < 1.29 is 31.4 Å². The van der Waals surface area contributed by atoms with Crippen LogP contribution in [0.4, 0.5) is 22.0 Å². The Balaban J connectivity index is 1.37. The fraction of sp³-hybridized carbons (Fsp3) is 0.192. The summed E-state index contributed by atoms with van der Waals surface area (Å²) in [5.41, 5.74) is 0.0908. The van der Waals surface area contributed by atoms with Crippen LogP contribution in [0.3, 0.4) is 0 Å². The normalized spacial score (nSPS) is 11.7. The van der Waals surface area contributed by atoms with Crippen LogP contribution in [0.2, 0.25) is 0 Å². The molecule has 2 aliphatic heterocycles. The molecular formula is C26H19F5N6O2. The van der Waals surface area contributed by atoms with Gasteiger partial charge in [0.15, 0.2) is 17.5 Å². The van der Waals surface area contributed by atoms with Gasteiger partial charge in [-0.05, 0) is 42.5 Å². The number of benzene rings is 2. The summed E-state index contributed by atoms with van der Waals surface area (Å²) in [7, 11) is 1.46. The van der Waals surface area contributed by atoms with Crippen molar-refractivity contribution >= 4 is 0 Å². The highest BCUT2D eigenvalue weighted by atomic mass is 19.4. The van der Waals surface area contributed by atoms with Crippen molar-refractivity contribution in [1.82, 2.24) is 29.9 Å². The van der Waals surface area contributed by atoms with Gasteiger partial charge in [-0.15, -0.1) is 0 Å². The van der Waals surface area contributed by atoms with Gasteiger partial charge in [-0.3, -0.25) is 4.68 Å². The molecule has 0 amide bonds. The number of methoxy groups -OCH3 is 1. The van der Waals surface area contributed by atoms with Crippen molar-refractivity contribution in [2.45, 2.75) is 12.7 Å². The molecule has 0 bridgehead atoms. The maximum Gasteiger partial charge on any atom is 0.417 e. The zero-order chi connectivity index (χ0) is 27.6. The summed E-state index contributed by atoms with van der Waals surface area (Å²) in [6.07, 6.45) is -1.68. The van der Waals surface area contributed by atoms with E-state index in [0.717, 1.165) is 12.1 Å². The molecule has 0 saturated carbocycles. The van der Waals surface area contributed by atoms with E-state index >= 15 is 0 Å². The average molecular weight is 542 g/mol. The Bertz CT molecular complexity index is 1570. The first-order chi connectivity index (χ1) is 18.7. The number of alkyl halides is 3. The van der Waals surface area contributed by atoms with Gasteiger partial charge < -0.3 is 9.47 Å². The van der Waals surface area contributed by atoms with Gasteiger partial charge in [0.05, 0.1) is 48.1 Å². The van der Waals surface area contributed by atoms with E-state index < -0.39 is 23.4 Å². The van der Waals surface area contributed by atoms with Crippen LogP contribution in [0.25, 0.3) is 34.0 Å². The van der Waals surface area contributed by atoms with Gasteiger partial charge in [0.25, 0.3) is 0 Å². The summed E-state index contributed by atoms with van der Waals surface area (Å²) in [4.78, 5) is 8.47. The molecule has 8 nitrogen and oxygen atoms in total. The first-order valence-corrected chi connectivity index (χ1v) is 11.5. The summed E-state index contributed by atoms with van der Waals surface area (Å²) >= 11 is 0. The third-order valence-corrected chi connectivity index (χ3v) is 5.68. The van der Waals surface area contributed by atoms with Crippen LogP contribution in [0, 0.1) is 11.6 Å². The van der Waals surface area contributed by atoms with Gasteiger partial charge in [0, 0.05) is 12.7 Å². The van der Waals surface area contributed by atoms with Gasteiger partial charge in [-0.1, -0.05) is 6.07 Å². The Morgan fingerprint density at radius 1 is 0.872 bits per heavy atom. The number of nitrogens with zero attached hydrogens (tertiary/aromatic N) is 6. The highest BCUT2D eigenvalue weighted by Gasteiger charge is 2.34. The second-order valence-electron chi connectivity index (χ2n) is 8.35. The molecule has 5 rings (SSSR count). The van der Waals surface area contributed by atoms with E-state index in [1.807, 2.05) is 0 Å².